The van der Waals surface area contributed by atoms with Crippen LogP contribution in [0.1, 0.15) is 10.4 Å². The third-order valence-corrected chi connectivity index (χ3v) is 3.19. The molecule has 19 heavy (non-hydrogen) atoms. The first-order valence-corrected chi connectivity index (χ1v) is 6.39. The van der Waals surface area contributed by atoms with Gasteiger partial charge >= 0.3 is 0 Å². The molecule has 0 saturated carbocycles. The molecule has 0 bridgehead atoms. The normalized spacial score (nSPS) is 10.3. The van der Waals surface area contributed by atoms with E-state index in [1.807, 2.05) is 0 Å². The van der Waals surface area contributed by atoms with Crippen molar-refractivity contribution in [2.75, 3.05) is 5.32 Å². The average molecular weight is 345 g/mol. The molecule has 1 amide bonds. The van der Waals surface area contributed by atoms with Gasteiger partial charge in [-0.1, -0.05) is 27.5 Å². The van der Waals surface area contributed by atoms with Crippen LogP contribution >= 0.6 is 27.5 Å². The summed E-state index contributed by atoms with van der Waals surface area (Å²) in [5.41, 5.74) is 0.294. The van der Waals surface area contributed by atoms with E-state index < -0.39 is 11.7 Å². The van der Waals surface area contributed by atoms with Gasteiger partial charge < -0.3 is 10.4 Å². The Kier molecular flexibility index (Phi) is 4.07. The van der Waals surface area contributed by atoms with E-state index in [1.165, 1.54) is 30.3 Å². The summed E-state index contributed by atoms with van der Waals surface area (Å²) >= 11 is 8.83. The lowest BCUT2D eigenvalue weighted by Gasteiger charge is -2.07. The third kappa shape index (κ3) is 3.24. The quantitative estimate of drug-likeness (QED) is 0.858. The van der Waals surface area contributed by atoms with Crippen LogP contribution in [0.15, 0.2) is 40.9 Å². The number of aromatic hydroxyl groups is 1. The number of hydrogen-bond acceptors (Lipinski definition) is 2. The first kappa shape index (κ1) is 13.8. The highest BCUT2D eigenvalue weighted by atomic mass is 79.9. The molecule has 0 aromatic heterocycles. The molecule has 0 fully saturated rings. The maximum absolute atomic E-state index is 13.6. The molecule has 0 saturated heterocycles. The topological polar surface area (TPSA) is 49.3 Å². The van der Waals surface area contributed by atoms with Gasteiger partial charge in [0.05, 0.1) is 10.7 Å². The van der Waals surface area contributed by atoms with Gasteiger partial charge in [0.25, 0.3) is 5.91 Å². The molecule has 0 radical (unpaired) electrons. The smallest absolute Gasteiger partial charge is 0.255 e. The molecule has 2 rings (SSSR count). The largest absolute Gasteiger partial charge is 0.506 e. The first-order chi connectivity index (χ1) is 8.97. The fourth-order valence-corrected chi connectivity index (χ4v) is 1.95. The number of carbonyl (C=O) groups excluding carboxylic acids is 1. The van der Waals surface area contributed by atoms with Gasteiger partial charge in [0.2, 0.25) is 0 Å². The maximum Gasteiger partial charge on any atom is 0.255 e. The van der Waals surface area contributed by atoms with Crippen LogP contribution in [0.4, 0.5) is 10.1 Å². The summed E-state index contributed by atoms with van der Waals surface area (Å²) in [5.74, 6) is -1.18. The van der Waals surface area contributed by atoms with Crippen molar-refractivity contribution in [3.8, 4) is 5.75 Å². The second kappa shape index (κ2) is 5.59. The SMILES string of the molecule is O=C(Nc1ccc(Br)cc1F)c1ccc(O)c(Cl)c1. The maximum atomic E-state index is 13.6. The number of hydrogen-bond donors (Lipinski definition) is 2. The Bertz CT molecular complexity index is 649. The zero-order valence-corrected chi connectivity index (χ0v) is 11.8. The second-order valence-electron chi connectivity index (χ2n) is 3.74. The van der Waals surface area contributed by atoms with Crippen molar-refractivity contribution in [1.29, 1.82) is 0 Å². The molecular formula is C13H8BrClFNO2. The highest BCUT2D eigenvalue weighted by Gasteiger charge is 2.11. The fraction of sp³-hybridized carbons (Fsp3) is 0. The van der Waals surface area contributed by atoms with E-state index in [9.17, 15) is 14.3 Å². The fourth-order valence-electron chi connectivity index (χ4n) is 1.43. The number of halogens is 3. The highest BCUT2D eigenvalue weighted by Crippen LogP contribution is 2.25. The van der Waals surface area contributed by atoms with Gasteiger partial charge in [-0.2, -0.15) is 0 Å². The van der Waals surface area contributed by atoms with Crippen LogP contribution in [0.5, 0.6) is 5.75 Å². The summed E-state index contributed by atoms with van der Waals surface area (Å²) in [6.45, 7) is 0. The van der Waals surface area contributed by atoms with Crippen LogP contribution in [0.3, 0.4) is 0 Å². The minimum Gasteiger partial charge on any atom is -0.506 e. The minimum absolute atomic E-state index is 0.0592. The molecule has 6 heteroatoms. The van der Waals surface area contributed by atoms with Gasteiger partial charge in [0, 0.05) is 10.0 Å². The van der Waals surface area contributed by atoms with E-state index in [0.29, 0.717) is 4.47 Å². The van der Waals surface area contributed by atoms with Crippen molar-refractivity contribution in [3.05, 3.63) is 57.3 Å². The van der Waals surface area contributed by atoms with Gasteiger partial charge in [-0.15, -0.1) is 0 Å². The van der Waals surface area contributed by atoms with E-state index in [4.69, 9.17) is 11.6 Å². The molecule has 0 spiro atoms. The van der Waals surface area contributed by atoms with Gasteiger partial charge in [0.1, 0.15) is 11.6 Å². The zero-order valence-electron chi connectivity index (χ0n) is 9.45. The Balaban J connectivity index is 2.23. The molecule has 0 aliphatic heterocycles. The summed E-state index contributed by atoms with van der Waals surface area (Å²) in [5, 5.41) is 11.7. The number of nitrogens with one attached hydrogen (secondary N) is 1. The van der Waals surface area contributed by atoms with E-state index >= 15 is 0 Å². The van der Waals surface area contributed by atoms with Crippen LogP contribution in [0.25, 0.3) is 0 Å². The Hall–Kier alpha value is -1.59. The van der Waals surface area contributed by atoms with Crippen LogP contribution in [-0.4, -0.2) is 11.0 Å². The Labute approximate surface area is 122 Å². The van der Waals surface area contributed by atoms with E-state index in [2.05, 4.69) is 21.2 Å². The van der Waals surface area contributed by atoms with Gasteiger partial charge in [0.15, 0.2) is 0 Å². The van der Waals surface area contributed by atoms with Crippen molar-refractivity contribution in [1.82, 2.24) is 0 Å². The third-order valence-electron chi connectivity index (χ3n) is 2.39. The average Bonchev–Trinajstić information content (AvgIpc) is 2.36. The monoisotopic (exact) mass is 343 g/mol. The summed E-state index contributed by atoms with van der Waals surface area (Å²) in [6.07, 6.45) is 0. The van der Waals surface area contributed by atoms with Crippen LogP contribution in [0, 0.1) is 5.82 Å². The van der Waals surface area contributed by atoms with Crippen molar-refractivity contribution in [2.45, 2.75) is 0 Å². The predicted molar refractivity (Wildman–Crippen MR) is 75.2 cm³/mol. The summed E-state index contributed by atoms with van der Waals surface area (Å²) in [4.78, 5) is 11.9. The minimum atomic E-state index is -0.549. The highest BCUT2D eigenvalue weighted by molar-refractivity contribution is 9.10. The number of phenols is 1. The van der Waals surface area contributed by atoms with Crippen molar-refractivity contribution >= 4 is 39.1 Å². The van der Waals surface area contributed by atoms with Crippen LogP contribution in [0.2, 0.25) is 5.02 Å². The molecule has 0 atom stereocenters. The molecule has 0 aliphatic carbocycles. The number of benzene rings is 2. The Morgan fingerprint density at radius 1 is 1.26 bits per heavy atom. The van der Waals surface area contributed by atoms with Gasteiger partial charge in [-0.3, -0.25) is 4.79 Å². The van der Waals surface area contributed by atoms with Crippen molar-refractivity contribution in [2.24, 2.45) is 0 Å². The van der Waals surface area contributed by atoms with Crippen LogP contribution < -0.4 is 5.32 Å². The van der Waals surface area contributed by atoms with E-state index in [0.717, 1.165) is 0 Å². The molecule has 2 aromatic carbocycles. The predicted octanol–water partition coefficient (Wildman–Crippen LogP) is 4.20. The lowest BCUT2D eigenvalue weighted by Crippen LogP contribution is -2.12. The lowest BCUT2D eigenvalue weighted by molar-refractivity contribution is 0.102. The van der Waals surface area contributed by atoms with Crippen molar-refractivity contribution < 1.29 is 14.3 Å². The van der Waals surface area contributed by atoms with E-state index in [1.54, 1.807) is 6.07 Å². The Morgan fingerprint density at radius 2 is 2.00 bits per heavy atom. The van der Waals surface area contributed by atoms with Crippen molar-refractivity contribution in [3.63, 3.8) is 0 Å². The molecule has 98 valence electrons. The zero-order chi connectivity index (χ0) is 14.0. The van der Waals surface area contributed by atoms with Gasteiger partial charge in [-0.05, 0) is 36.4 Å². The lowest BCUT2D eigenvalue weighted by atomic mass is 10.2. The number of rotatable bonds is 2. The van der Waals surface area contributed by atoms with Crippen LogP contribution in [-0.2, 0) is 0 Å². The molecule has 0 unspecified atom stereocenters. The number of amides is 1. The molecule has 0 aliphatic rings. The number of phenolic OH excluding ortho intramolecular Hbond substituents is 1. The second-order valence-corrected chi connectivity index (χ2v) is 5.07. The van der Waals surface area contributed by atoms with Gasteiger partial charge in [-0.25, -0.2) is 4.39 Å². The Morgan fingerprint density at radius 3 is 2.63 bits per heavy atom. The first-order valence-electron chi connectivity index (χ1n) is 5.22. The molecule has 0 heterocycles. The molecule has 2 aromatic rings. The van der Waals surface area contributed by atoms with E-state index in [-0.39, 0.29) is 22.0 Å². The number of carbonyl (C=O) groups is 1. The molecular weight excluding hydrogens is 337 g/mol. The summed E-state index contributed by atoms with van der Waals surface area (Å²) < 4.78 is 14.1. The summed E-state index contributed by atoms with van der Waals surface area (Å²) in [7, 11) is 0. The number of anilines is 1. The summed E-state index contributed by atoms with van der Waals surface area (Å²) in [6, 6.07) is 8.31. The standard InChI is InChI=1S/C13H8BrClFNO2/c14-8-2-3-11(10(16)6-8)17-13(19)7-1-4-12(18)9(15)5-7/h1-6,18H,(H,17,19). The molecule has 2 N–H and O–H groups in total. The molecule has 3 nitrogen and oxygen atoms in total.